The fourth-order valence-corrected chi connectivity index (χ4v) is 3.33. The Hall–Kier alpha value is -3.06. The van der Waals surface area contributed by atoms with Gasteiger partial charge in [-0.3, -0.25) is 4.79 Å². The van der Waals surface area contributed by atoms with E-state index in [-0.39, 0.29) is 12.5 Å². The predicted octanol–water partition coefficient (Wildman–Crippen LogP) is 3.58. The van der Waals surface area contributed by atoms with Crippen LogP contribution in [-0.4, -0.2) is 21.0 Å². The Morgan fingerprint density at radius 3 is 2.84 bits per heavy atom. The highest BCUT2D eigenvalue weighted by Gasteiger charge is 2.12. The average Bonchev–Trinajstić information content (AvgIpc) is 3.25. The summed E-state index contributed by atoms with van der Waals surface area (Å²) in [6.45, 7) is 2.15. The summed E-state index contributed by atoms with van der Waals surface area (Å²) in [6, 6.07) is 15.0. The molecule has 0 aliphatic rings. The number of hydrogen-bond acceptors (Lipinski definition) is 6. The minimum Gasteiger partial charge on any atom is -0.345 e. The molecule has 4 aromatic rings. The van der Waals surface area contributed by atoms with E-state index >= 15 is 0 Å². The second-order valence-corrected chi connectivity index (χ2v) is 6.71. The lowest BCUT2D eigenvalue weighted by molar-refractivity contribution is 0.0950. The number of fused-ring (bicyclic) bond motifs is 1. The number of nitrogens with one attached hydrogen (secondary N) is 1. The van der Waals surface area contributed by atoms with Gasteiger partial charge in [0.25, 0.3) is 11.8 Å². The largest absolute Gasteiger partial charge is 0.345 e. The van der Waals surface area contributed by atoms with Crippen molar-refractivity contribution < 1.29 is 9.32 Å². The molecule has 25 heavy (non-hydrogen) atoms. The van der Waals surface area contributed by atoms with Crippen LogP contribution in [0.15, 0.2) is 53.1 Å². The van der Waals surface area contributed by atoms with Crippen LogP contribution in [0.2, 0.25) is 0 Å². The van der Waals surface area contributed by atoms with E-state index in [1.165, 1.54) is 0 Å². The minimum absolute atomic E-state index is 0.181. The minimum atomic E-state index is -0.181. The maximum Gasteiger partial charge on any atom is 0.257 e. The quantitative estimate of drug-likeness (QED) is 0.608. The molecule has 0 spiro atoms. The van der Waals surface area contributed by atoms with Crippen LogP contribution in [0.1, 0.15) is 21.2 Å². The molecule has 1 N–H and O–H groups in total. The predicted molar refractivity (Wildman–Crippen MR) is 95.3 cm³/mol. The van der Waals surface area contributed by atoms with Crippen molar-refractivity contribution in [3.05, 3.63) is 64.9 Å². The highest BCUT2D eigenvalue weighted by Crippen LogP contribution is 2.22. The number of carbonyl (C=O) groups excluding carboxylic acids is 1. The van der Waals surface area contributed by atoms with Crippen molar-refractivity contribution in [3.63, 3.8) is 0 Å². The van der Waals surface area contributed by atoms with Crippen LogP contribution in [-0.2, 0) is 6.54 Å². The van der Waals surface area contributed by atoms with Gasteiger partial charge in [-0.1, -0.05) is 23.4 Å². The van der Waals surface area contributed by atoms with Gasteiger partial charge in [-0.15, -0.1) is 11.3 Å². The van der Waals surface area contributed by atoms with Crippen molar-refractivity contribution in [2.45, 2.75) is 13.5 Å². The number of benzene rings is 2. The van der Waals surface area contributed by atoms with E-state index in [4.69, 9.17) is 4.52 Å². The molecule has 2 aromatic heterocycles. The molecule has 2 heterocycles. The molecule has 0 radical (unpaired) electrons. The molecule has 0 aliphatic carbocycles. The average molecular weight is 350 g/mol. The van der Waals surface area contributed by atoms with Crippen LogP contribution in [0.5, 0.6) is 0 Å². The van der Waals surface area contributed by atoms with E-state index in [2.05, 4.69) is 20.4 Å². The topological polar surface area (TPSA) is 80.9 Å². The zero-order valence-electron chi connectivity index (χ0n) is 13.4. The van der Waals surface area contributed by atoms with Gasteiger partial charge >= 0.3 is 0 Å². The first-order valence-corrected chi connectivity index (χ1v) is 8.54. The number of aromatic nitrogens is 3. The number of rotatable bonds is 4. The summed E-state index contributed by atoms with van der Waals surface area (Å²) in [5, 5.41) is 7.69. The van der Waals surface area contributed by atoms with Gasteiger partial charge in [-0.05, 0) is 37.3 Å². The van der Waals surface area contributed by atoms with E-state index in [1.807, 2.05) is 49.4 Å². The number of hydrogen-bond donors (Lipinski definition) is 1. The number of carbonyl (C=O) groups is 1. The van der Waals surface area contributed by atoms with E-state index < -0.39 is 0 Å². The highest BCUT2D eigenvalue weighted by molar-refractivity contribution is 7.18. The summed E-state index contributed by atoms with van der Waals surface area (Å²) in [7, 11) is 0. The van der Waals surface area contributed by atoms with Crippen molar-refractivity contribution in [1.29, 1.82) is 0 Å². The summed E-state index contributed by atoms with van der Waals surface area (Å²) < 4.78 is 6.23. The Morgan fingerprint density at radius 2 is 2.00 bits per heavy atom. The highest BCUT2D eigenvalue weighted by atomic mass is 32.1. The molecule has 4 rings (SSSR count). The molecule has 0 aliphatic heterocycles. The standard InChI is InChI=1S/C18H14N4O2S/c1-11-20-14-8-7-13(9-15(14)25-11)17(23)19-10-16-21-18(24-22-16)12-5-3-2-4-6-12/h2-9H,10H2,1H3,(H,19,23). The van der Waals surface area contributed by atoms with Crippen LogP contribution in [0.4, 0.5) is 0 Å². The Kier molecular flexibility index (Phi) is 3.99. The third-order valence-electron chi connectivity index (χ3n) is 3.65. The summed E-state index contributed by atoms with van der Waals surface area (Å²) in [4.78, 5) is 21.0. The van der Waals surface area contributed by atoms with Gasteiger partial charge in [0.1, 0.15) is 0 Å². The lowest BCUT2D eigenvalue weighted by Gasteiger charge is -2.02. The fraction of sp³-hybridized carbons (Fsp3) is 0.111. The van der Waals surface area contributed by atoms with Gasteiger partial charge in [-0.2, -0.15) is 4.98 Å². The van der Waals surface area contributed by atoms with Crippen molar-refractivity contribution in [2.75, 3.05) is 0 Å². The number of thiazole rings is 1. The molecular weight excluding hydrogens is 336 g/mol. The van der Waals surface area contributed by atoms with Crippen LogP contribution in [0, 0.1) is 6.92 Å². The molecule has 124 valence electrons. The van der Waals surface area contributed by atoms with Gasteiger partial charge in [0.05, 0.1) is 21.8 Å². The molecule has 7 heteroatoms. The SMILES string of the molecule is Cc1nc2ccc(C(=O)NCc3noc(-c4ccccc4)n3)cc2s1. The second kappa shape index (κ2) is 6.45. The van der Waals surface area contributed by atoms with Gasteiger partial charge in [0.2, 0.25) is 0 Å². The van der Waals surface area contributed by atoms with Gasteiger partial charge < -0.3 is 9.84 Å². The number of nitrogens with zero attached hydrogens (tertiary/aromatic N) is 3. The lowest BCUT2D eigenvalue weighted by Crippen LogP contribution is -2.23. The molecule has 0 saturated carbocycles. The number of amides is 1. The van der Waals surface area contributed by atoms with E-state index in [9.17, 15) is 4.79 Å². The molecule has 1 amide bonds. The summed E-state index contributed by atoms with van der Waals surface area (Å²) >= 11 is 1.57. The van der Waals surface area contributed by atoms with Crippen molar-refractivity contribution in [2.24, 2.45) is 0 Å². The summed E-state index contributed by atoms with van der Waals surface area (Å²) in [5.41, 5.74) is 2.34. The van der Waals surface area contributed by atoms with Crippen molar-refractivity contribution in [3.8, 4) is 11.5 Å². The number of aryl methyl sites for hydroxylation is 1. The van der Waals surface area contributed by atoms with Crippen LogP contribution >= 0.6 is 11.3 Å². The first-order chi connectivity index (χ1) is 12.2. The zero-order valence-corrected chi connectivity index (χ0v) is 14.2. The summed E-state index contributed by atoms with van der Waals surface area (Å²) in [6.07, 6.45) is 0. The Balaban J connectivity index is 1.45. The maximum atomic E-state index is 12.3. The van der Waals surface area contributed by atoms with Gasteiger partial charge in [-0.25, -0.2) is 4.98 Å². The lowest BCUT2D eigenvalue weighted by atomic mass is 10.2. The van der Waals surface area contributed by atoms with E-state index in [0.717, 1.165) is 20.8 Å². The Morgan fingerprint density at radius 1 is 1.16 bits per heavy atom. The molecule has 0 atom stereocenters. The normalized spacial score (nSPS) is 10.9. The molecular formula is C18H14N4O2S. The first kappa shape index (κ1) is 15.5. The first-order valence-electron chi connectivity index (χ1n) is 7.72. The van der Waals surface area contributed by atoms with Crippen molar-refractivity contribution >= 4 is 27.5 Å². The molecule has 6 nitrogen and oxygen atoms in total. The zero-order chi connectivity index (χ0) is 17.2. The van der Waals surface area contributed by atoms with Gasteiger partial charge in [0.15, 0.2) is 5.82 Å². The van der Waals surface area contributed by atoms with Crippen molar-refractivity contribution in [1.82, 2.24) is 20.4 Å². The summed E-state index contributed by atoms with van der Waals surface area (Å²) in [5.74, 6) is 0.687. The van der Waals surface area contributed by atoms with Crippen LogP contribution in [0.25, 0.3) is 21.7 Å². The Labute approximate surface area is 147 Å². The van der Waals surface area contributed by atoms with E-state index in [1.54, 1.807) is 17.4 Å². The van der Waals surface area contributed by atoms with Crippen LogP contribution < -0.4 is 5.32 Å². The molecule has 0 fully saturated rings. The third-order valence-corrected chi connectivity index (χ3v) is 4.59. The fourth-order valence-electron chi connectivity index (χ4n) is 2.47. The van der Waals surface area contributed by atoms with E-state index in [0.29, 0.717) is 17.3 Å². The molecule has 2 aromatic carbocycles. The smallest absolute Gasteiger partial charge is 0.257 e. The molecule has 0 bridgehead atoms. The third kappa shape index (κ3) is 3.27. The second-order valence-electron chi connectivity index (χ2n) is 5.48. The monoisotopic (exact) mass is 350 g/mol. The van der Waals surface area contributed by atoms with Crippen LogP contribution in [0.3, 0.4) is 0 Å². The Bertz CT molecular complexity index is 1040. The molecule has 0 unspecified atom stereocenters. The molecule has 0 saturated heterocycles. The maximum absolute atomic E-state index is 12.3. The van der Waals surface area contributed by atoms with Gasteiger partial charge in [0, 0.05) is 11.1 Å².